The molecule has 3 N–H and O–H groups in total. The molecule has 3 rings (SSSR count). The fourth-order valence-electron chi connectivity index (χ4n) is 3.05. The normalized spacial score (nSPS) is 17.0. The summed E-state index contributed by atoms with van der Waals surface area (Å²) in [7, 11) is 0. The fourth-order valence-corrected chi connectivity index (χ4v) is 3.05. The quantitative estimate of drug-likeness (QED) is 0.586. The molecule has 1 atom stereocenters. The molecule has 5 heteroatoms. The minimum Gasteiger partial charge on any atom is -0.310 e. The molecule has 5 nitrogen and oxygen atoms in total. The molecule has 0 aromatic heterocycles. The smallest absolute Gasteiger partial charge is 0.310 e. The second-order valence-corrected chi connectivity index (χ2v) is 6.46. The number of hydrazone groups is 1. The predicted octanol–water partition coefficient (Wildman–Crippen LogP) is 3.88. The van der Waals surface area contributed by atoms with Crippen molar-refractivity contribution in [2.24, 2.45) is 5.10 Å². The summed E-state index contributed by atoms with van der Waals surface area (Å²) in [6, 6.07) is 14.3. The van der Waals surface area contributed by atoms with Crippen LogP contribution in [0.3, 0.4) is 0 Å². The monoisotopic (exact) mass is 336 g/mol. The van der Waals surface area contributed by atoms with Gasteiger partial charge in [-0.25, -0.2) is 10.2 Å². The summed E-state index contributed by atoms with van der Waals surface area (Å²) >= 11 is 0. The number of hydrogen-bond acceptors (Lipinski definition) is 3. The van der Waals surface area contributed by atoms with Crippen molar-refractivity contribution in [2.45, 2.75) is 32.7 Å². The lowest BCUT2D eigenvalue weighted by molar-refractivity contribution is 0.252. The minimum atomic E-state index is -0.352. The van der Waals surface area contributed by atoms with Gasteiger partial charge in [0.25, 0.3) is 0 Å². The topological polar surface area (TPSA) is 65.5 Å². The lowest BCUT2D eigenvalue weighted by atomic mass is 10.0. The van der Waals surface area contributed by atoms with E-state index in [1.54, 1.807) is 6.21 Å². The van der Waals surface area contributed by atoms with Gasteiger partial charge in [-0.2, -0.15) is 5.10 Å². The van der Waals surface area contributed by atoms with E-state index in [0.717, 1.165) is 28.9 Å². The maximum Gasteiger partial charge on any atom is 0.339 e. The third-order valence-electron chi connectivity index (χ3n) is 4.41. The molecule has 1 aliphatic rings. The van der Waals surface area contributed by atoms with Crippen molar-refractivity contribution < 1.29 is 4.79 Å². The van der Waals surface area contributed by atoms with Crippen molar-refractivity contribution in [3.63, 3.8) is 0 Å². The van der Waals surface area contributed by atoms with Crippen LogP contribution < -0.4 is 16.1 Å². The van der Waals surface area contributed by atoms with Gasteiger partial charge in [0.2, 0.25) is 0 Å². The number of anilines is 1. The Labute approximate surface area is 148 Å². The molecule has 1 saturated heterocycles. The van der Waals surface area contributed by atoms with E-state index in [1.165, 1.54) is 18.4 Å². The number of rotatable bonds is 4. The van der Waals surface area contributed by atoms with Crippen molar-refractivity contribution in [1.82, 2.24) is 10.7 Å². The molecule has 0 aliphatic carbocycles. The van der Waals surface area contributed by atoms with Gasteiger partial charge >= 0.3 is 6.03 Å². The Bertz CT molecular complexity index is 762. The maximum atomic E-state index is 11.9. The number of carbonyl (C=O) groups excluding carboxylic acids is 1. The van der Waals surface area contributed by atoms with Crippen molar-refractivity contribution in [1.29, 1.82) is 0 Å². The zero-order chi connectivity index (χ0) is 17.6. The first-order valence-corrected chi connectivity index (χ1v) is 8.62. The molecule has 2 aromatic rings. The molecule has 0 radical (unpaired) electrons. The number of aryl methyl sites for hydroxylation is 2. The second-order valence-electron chi connectivity index (χ2n) is 6.46. The van der Waals surface area contributed by atoms with Gasteiger partial charge in [0.05, 0.1) is 6.21 Å². The summed E-state index contributed by atoms with van der Waals surface area (Å²) in [5, 5.41) is 10.3. The summed E-state index contributed by atoms with van der Waals surface area (Å²) in [6.07, 6.45) is 4.06. The Kier molecular flexibility index (Phi) is 5.46. The predicted molar refractivity (Wildman–Crippen MR) is 102 cm³/mol. The third-order valence-corrected chi connectivity index (χ3v) is 4.41. The number of amides is 2. The van der Waals surface area contributed by atoms with Crippen LogP contribution in [0.15, 0.2) is 47.6 Å². The summed E-state index contributed by atoms with van der Waals surface area (Å²) in [5.74, 6) is 0. The number of urea groups is 1. The van der Waals surface area contributed by atoms with Crippen LogP contribution in [0.1, 0.15) is 41.1 Å². The lowest BCUT2D eigenvalue weighted by Crippen LogP contribution is -2.24. The molecule has 1 unspecified atom stereocenters. The first-order chi connectivity index (χ1) is 12.1. The molecule has 1 fully saturated rings. The van der Waals surface area contributed by atoms with Crippen LogP contribution in [0.25, 0.3) is 0 Å². The first kappa shape index (κ1) is 17.2. The van der Waals surface area contributed by atoms with Gasteiger partial charge in [-0.05, 0) is 56.0 Å². The minimum absolute atomic E-state index is 0.352. The number of nitrogens with zero attached hydrogens (tertiary/aromatic N) is 1. The van der Waals surface area contributed by atoms with Crippen LogP contribution in [0.5, 0.6) is 0 Å². The van der Waals surface area contributed by atoms with Crippen LogP contribution in [-0.4, -0.2) is 18.8 Å². The van der Waals surface area contributed by atoms with Gasteiger partial charge in [0, 0.05) is 11.7 Å². The molecule has 25 heavy (non-hydrogen) atoms. The van der Waals surface area contributed by atoms with Gasteiger partial charge in [-0.15, -0.1) is 0 Å². The summed E-state index contributed by atoms with van der Waals surface area (Å²) in [6.45, 7) is 5.08. The Morgan fingerprint density at radius 2 is 2.00 bits per heavy atom. The molecule has 2 amide bonds. The van der Waals surface area contributed by atoms with Gasteiger partial charge < -0.3 is 10.6 Å². The van der Waals surface area contributed by atoms with Crippen LogP contribution in [0.2, 0.25) is 0 Å². The highest BCUT2D eigenvalue weighted by atomic mass is 16.2. The van der Waals surface area contributed by atoms with Gasteiger partial charge in [-0.3, -0.25) is 0 Å². The van der Waals surface area contributed by atoms with E-state index in [4.69, 9.17) is 0 Å². The molecule has 0 bridgehead atoms. The van der Waals surface area contributed by atoms with E-state index >= 15 is 0 Å². The second kappa shape index (κ2) is 7.94. The van der Waals surface area contributed by atoms with Crippen LogP contribution >= 0.6 is 0 Å². The summed E-state index contributed by atoms with van der Waals surface area (Å²) in [5.41, 5.74) is 7.72. The standard InChI is InChI=1S/C20H24N4O/c1-14-5-10-18(15(2)12-14)23-20(25)24-22-13-16-6-8-17(9-7-16)19-4-3-11-21-19/h5-10,12-13,19,21H,3-4,11H2,1-2H3,(H2,23,24,25)/b22-13+. The van der Waals surface area contributed by atoms with Crippen LogP contribution in [-0.2, 0) is 0 Å². The van der Waals surface area contributed by atoms with Crippen LogP contribution in [0.4, 0.5) is 10.5 Å². The number of benzene rings is 2. The maximum absolute atomic E-state index is 11.9. The molecule has 0 spiro atoms. The van der Waals surface area contributed by atoms with E-state index in [1.807, 2.05) is 44.2 Å². The zero-order valence-corrected chi connectivity index (χ0v) is 14.7. The first-order valence-electron chi connectivity index (χ1n) is 8.62. The van der Waals surface area contributed by atoms with Gasteiger partial charge in [0.15, 0.2) is 0 Å². The fraction of sp³-hybridized carbons (Fsp3) is 0.300. The van der Waals surface area contributed by atoms with Crippen molar-refractivity contribution in [3.8, 4) is 0 Å². The highest BCUT2D eigenvalue weighted by Crippen LogP contribution is 2.22. The summed E-state index contributed by atoms with van der Waals surface area (Å²) in [4.78, 5) is 11.9. The number of hydrogen-bond donors (Lipinski definition) is 3. The van der Waals surface area contributed by atoms with E-state index < -0.39 is 0 Å². The Morgan fingerprint density at radius 3 is 2.68 bits per heavy atom. The molecular formula is C20H24N4O. The Hall–Kier alpha value is -2.66. The number of nitrogens with one attached hydrogen (secondary N) is 3. The van der Waals surface area contributed by atoms with E-state index in [0.29, 0.717) is 6.04 Å². The molecule has 130 valence electrons. The average molecular weight is 336 g/mol. The molecule has 2 aromatic carbocycles. The van der Waals surface area contributed by atoms with Crippen molar-refractivity contribution >= 4 is 17.9 Å². The number of carbonyl (C=O) groups is 1. The molecule has 1 heterocycles. The van der Waals surface area contributed by atoms with E-state index in [9.17, 15) is 4.79 Å². The molecular weight excluding hydrogens is 312 g/mol. The average Bonchev–Trinajstić information content (AvgIpc) is 3.13. The Morgan fingerprint density at radius 1 is 1.20 bits per heavy atom. The van der Waals surface area contributed by atoms with Crippen LogP contribution in [0, 0.1) is 13.8 Å². The SMILES string of the molecule is Cc1ccc(NC(=O)N/N=C/c2ccc(C3CCCN3)cc2)c(C)c1. The summed E-state index contributed by atoms with van der Waals surface area (Å²) < 4.78 is 0. The van der Waals surface area contributed by atoms with Gasteiger partial charge in [-0.1, -0.05) is 42.0 Å². The van der Waals surface area contributed by atoms with Crippen molar-refractivity contribution in [3.05, 3.63) is 64.7 Å². The largest absolute Gasteiger partial charge is 0.339 e. The molecule has 0 saturated carbocycles. The Balaban J connectivity index is 1.52. The lowest BCUT2D eigenvalue weighted by Gasteiger charge is -2.10. The molecule has 1 aliphatic heterocycles. The van der Waals surface area contributed by atoms with Crippen molar-refractivity contribution in [2.75, 3.05) is 11.9 Å². The highest BCUT2D eigenvalue weighted by molar-refractivity contribution is 5.91. The highest BCUT2D eigenvalue weighted by Gasteiger charge is 2.15. The van der Waals surface area contributed by atoms with Gasteiger partial charge in [0.1, 0.15) is 0 Å². The third kappa shape index (κ3) is 4.67. The van der Waals surface area contributed by atoms with E-state index in [2.05, 4.69) is 33.3 Å². The zero-order valence-electron chi connectivity index (χ0n) is 14.7. The van der Waals surface area contributed by atoms with E-state index in [-0.39, 0.29) is 6.03 Å².